The quantitative estimate of drug-likeness (QED) is 0.825. The average Bonchev–Trinajstić information content (AvgIpc) is 3.12. The van der Waals surface area contributed by atoms with Crippen molar-refractivity contribution in [1.82, 2.24) is 10.3 Å². The summed E-state index contributed by atoms with van der Waals surface area (Å²) in [5.41, 5.74) is 0.504. The van der Waals surface area contributed by atoms with E-state index in [1.807, 2.05) is 30.3 Å². The van der Waals surface area contributed by atoms with Crippen molar-refractivity contribution in [2.24, 2.45) is 0 Å². The molecule has 2 N–H and O–H groups in total. The first-order valence-corrected chi connectivity index (χ1v) is 9.09. The van der Waals surface area contributed by atoms with Gasteiger partial charge in [-0.05, 0) is 18.4 Å². The molecule has 7 heteroatoms. The molecule has 0 bridgehead atoms. The summed E-state index contributed by atoms with van der Waals surface area (Å²) in [7, 11) is 0. The summed E-state index contributed by atoms with van der Waals surface area (Å²) in [6, 6.07) is 9.82. The lowest BCUT2D eigenvalue weighted by Gasteiger charge is -2.36. The van der Waals surface area contributed by atoms with Gasteiger partial charge in [-0.3, -0.25) is 4.79 Å². The smallest absolute Gasteiger partial charge is 0.355 e. The van der Waals surface area contributed by atoms with E-state index in [0.717, 1.165) is 5.56 Å². The number of ether oxygens (including phenoxy) is 1. The standard InChI is InChI=1S/C18H20N2O4S/c21-16(22)14-12-25-15(20-14)6-9-19-17(23)18(7-10-24-11-8-18)13-4-2-1-3-5-13/h1-5,12H,6-11H2,(H,19,23)(H,21,22). The Labute approximate surface area is 149 Å². The van der Waals surface area contributed by atoms with Gasteiger partial charge >= 0.3 is 5.97 Å². The molecule has 1 amide bonds. The molecule has 1 aliphatic rings. The van der Waals surface area contributed by atoms with Crippen LogP contribution in [0.15, 0.2) is 35.7 Å². The van der Waals surface area contributed by atoms with E-state index in [-0.39, 0.29) is 11.6 Å². The minimum Gasteiger partial charge on any atom is -0.476 e. The SMILES string of the molecule is O=C(O)c1csc(CCNC(=O)C2(c3ccccc3)CCOCC2)n1. The van der Waals surface area contributed by atoms with Crippen LogP contribution < -0.4 is 5.32 Å². The highest BCUT2D eigenvalue weighted by atomic mass is 32.1. The molecule has 0 atom stereocenters. The number of nitrogens with one attached hydrogen (secondary N) is 1. The van der Waals surface area contributed by atoms with Crippen LogP contribution in [-0.4, -0.2) is 41.7 Å². The lowest BCUT2D eigenvalue weighted by atomic mass is 9.73. The summed E-state index contributed by atoms with van der Waals surface area (Å²) in [6.07, 6.45) is 1.83. The summed E-state index contributed by atoms with van der Waals surface area (Å²) >= 11 is 1.30. The molecule has 132 valence electrons. The molecule has 1 aliphatic heterocycles. The van der Waals surface area contributed by atoms with E-state index in [0.29, 0.717) is 44.0 Å². The zero-order valence-corrected chi connectivity index (χ0v) is 14.6. The molecule has 6 nitrogen and oxygen atoms in total. The number of rotatable bonds is 6. The number of benzene rings is 1. The van der Waals surface area contributed by atoms with Crippen molar-refractivity contribution >= 4 is 23.2 Å². The largest absolute Gasteiger partial charge is 0.476 e. The predicted molar refractivity (Wildman–Crippen MR) is 94.0 cm³/mol. The van der Waals surface area contributed by atoms with Crippen LogP contribution in [-0.2, 0) is 21.4 Å². The van der Waals surface area contributed by atoms with E-state index >= 15 is 0 Å². The van der Waals surface area contributed by atoms with Crippen molar-refractivity contribution in [3.63, 3.8) is 0 Å². The number of carboxylic acid groups (broad SMARTS) is 1. The van der Waals surface area contributed by atoms with Crippen molar-refractivity contribution < 1.29 is 19.4 Å². The summed E-state index contributed by atoms with van der Waals surface area (Å²) in [4.78, 5) is 27.9. The highest BCUT2D eigenvalue weighted by Gasteiger charge is 2.41. The van der Waals surface area contributed by atoms with Crippen LogP contribution in [0.25, 0.3) is 0 Å². The van der Waals surface area contributed by atoms with Crippen LogP contribution in [0.4, 0.5) is 0 Å². The van der Waals surface area contributed by atoms with E-state index in [2.05, 4.69) is 10.3 Å². The minimum absolute atomic E-state index is 0.00276. The molecule has 1 aromatic heterocycles. The molecule has 1 aromatic carbocycles. The second-order valence-corrected chi connectivity index (χ2v) is 6.94. The Balaban J connectivity index is 1.65. The number of nitrogens with zero attached hydrogens (tertiary/aromatic N) is 1. The minimum atomic E-state index is -1.03. The van der Waals surface area contributed by atoms with Gasteiger partial charge in [-0.2, -0.15) is 0 Å². The average molecular weight is 360 g/mol. The van der Waals surface area contributed by atoms with Crippen molar-refractivity contribution in [2.45, 2.75) is 24.7 Å². The number of hydrogen-bond acceptors (Lipinski definition) is 5. The van der Waals surface area contributed by atoms with Gasteiger partial charge in [0.25, 0.3) is 0 Å². The van der Waals surface area contributed by atoms with Gasteiger partial charge in [-0.1, -0.05) is 30.3 Å². The maximum absolute atomic E-state index is 12.9. The van der Waals surface area contributed by atoms with Crippen molar-refractivity contribution in [2.75, 3.05) is 19.8 Å². The molecule has 0 aliphatic carbocycles. The zero-order valence-electron chi connectivity index (χ0n) is 13.7. The van der Waals surface area contributed by atoms with Gasteiger partial charge in [0.2, 0.25) is 5.91 Å². The second-order valence-electron chi connectivity index (χ2n) is 6.00. The van der Waals surface area contributed by atoms with Gasteiger partial charge in [-0.15, -0.1) is 11.3 Å². The van der Waals surface area contributed by atoms with Crippen LogP contribution in [0.1, 0.15) is 33.9 Å². The Bertz CT molecular complexity index is 739. The Morgan fingerprint density at radius 1 is 1.24 bits per heavy atom. The van der Waals surface area contributed by atoms with Crippen LogP contribution in [0.5, 0.6) is 0 Å². The topological polar surface area (TPSA) is 88.5 Å². The Morgan fingerprint density at radius 3 is 2.60 bits per heavy atom. The van der Waals surface area contributed by atoms with Crippen molar-refractivity contribution in [3.05, 3.63) is 52.0 Å². The number of thiazole rings is 1. The number of aromatic nitrogens is 1. The lowest BCUT2D eigenvalue weighted by Crippen LogP contribution is -2.48. The predicted octanol–water partition coefficient (Wildman–Crippen LogP) is 2.25. The molecule has 0 spiro atoms. The summed E-state index contributed by atoms with van der Waals surface area (Å²) < 4.78 is 5.45. The first kappa shape index (κ1) is 17.6. The van der Waals surface area contributed by atoms with E-state index in [9.17, 15) is 9.59 Å². The van der Waals surface area contributed by atoms with Crippen LogP contribution in [0.2, 0.25) is 0 Å². The van der Waals surface area contributed by atoms with Gasteiger partial charge in [0.05, 0.1) is 10.4 Å². The molecule has 0 radical (unpaired) electrons. The first-order chi connectivity index (χ1) is 12.1. The summed E-state index contributed by atoms with van der Waals surface area (Å²) in [5.74, 6) is -1.03. The molecule has 25 heavy (non-hydrogen) atoms. The highest BCUT2D eigenvalue weighted by Crippen LogP contribution is 2.35. The van der Waals surface area contributed by atoms with Gasteiger partial charge in [0, 0.05) is 31.6 Å². The number of carboxylic acids is 1. The molecule has 0 unspecified atom stereocenters. The molecule has 1 saturated heterocycles. The van der Waals surface area contributed by atoms with Gasteiger partial charge < -0.3 is 15.2 Å². The van der Waals surface area contributed by atoms with Crippen LogP contribution in [0.3, 0.4) is 0 Å². The molecular formula is C18H20N2O4S. The van der Waals surface area contributed by atoms with E-state index in [1.165, 1.54) is 16.7 Å². The Kier molecular flexibility index (Phi) is 5.45. The second kappa shape index (κ2) is 7.76. The number of carbonyl (C=O) groups is 2. The fourth-order valence-electron chi connectivity index (χ4n) is 3.10. The Morgan fingerprint density at radius 2 is 1.96 bits per heavy atom. The fraction of sp³-hybridized carbons (Fsp3) is 0.389. The zero-order chi connectivity index (χ0) is 17.7. The first-order valence-electron chi connectivity index (χ1n) is 8.21. The molecule has 0 saturated carbocycles. The normalized spacial score (nSPS) is 16.3. The molecule has 2 aromatic rings. The maximum atomic E-state index is 12.9. The number of carbonyl (C=O) groups excluding carboxylic acids is 1. The lowest BCUT2D eigenvalue weighted by molar-refractivity contribution is -0.130. The fourth-order valence-corrected chi connectivity index (χ4v) is 3.87. The molecule has 3 rings (SSSR count). The van der Waals surface area contributed by atoms with Gasteiger partial charge in [0.1, 0.15) is 0 Å². The van der Waals surface area contributed by atoms with Gasteiger partial charge in [0.15, 0.2) is 5.69 Å². The number of amides is 1. The highest BCUT2D eigenvalue weighted by molar-refractivity contribution is 7.09. The monoisotopic (exact) mass is 360 g/mol. The third-order valence-electron chi connectivity index (χ3n) is 4.50. The summed E-state index contributed by atoms with van der Waals surface area (Å²) in [6.45, 7) is 1.56. The summed E-state index contributed by atoms with van der Waals surface area (Å²) in [5, 5.41) is 14.1. The van der Waals surface area contributed by atoms with E-state index in [1.54, 1.807) is 0 Å². The number of hydrogen-bond donors (Lipinski definition) is 2. The van der Waals surface area contributed by atoms with Crippen molar-refractivity contribution in [1.29, 1.82) is 0 Å². The molecule has 1 fully saturated rings. The number of aromatic carboxylic acids is 1. The molecule has 2 heterocycles. The van der Waals surface area contributed by atoms with Gasteiger partial charge in [-0.25, -0.2) is 9.78 Å². The third-order valence-corrected chi connectivity index (χ3v) is 5.41. The Hall–Kier alpha value is -2.25. The maximum Gasteiger partial charge on any atom is 0.355 e. The van der Waals surface area contributed by atoms with Crippen LogP contribution in [0, 0.1) is 0 Å². The van der Waals surface area contributed by atoms with Crippen molar-refractivity contribution in [3.8, 4) is 0 Å². The van der Waals surface area contributed by atoms with E-state index < -0.39 is 11.4 Å². The third kappa shape index (κ3) is 3.88. The van der Waals surface area contributed by atoms with Crippen LogP contribution >= 0.6 is 11.3 Å². The molecular weight excluding hydrogens is 340 g/mol. The van der Waals surface area contributed by atoms with E-state index in [4.69, 9.17) is 9.84 Å².